The normalized spacial score (nSPS) is 19.6. The van der Waals surface area contributed by atoms with E-state index in [4.69, 9.17) is 9.47 Å². The lowest BCUT2D eigenvalue weighted by Crippen LogP contribution is -2.29. The molecule has 1 N–H and O–H groups in total. The number of fused-ring (bicyclic) bond motifs is 1. The number of aliphatic hydroxyl groups is 1. The number of nitrogens with zero attached hydrogens (tertiary/aromatic N) is 2. The van der Waals surface area contributed by atoms with Crippen molar-refractivity contribution in [2.24, 2.45) is 0 Å². The molecule has 0 aliphatic carbocycles. The van der Waals surface area contributed by atoms with Crippen molar-refractivity contribution in [3.63, 3.8) is 0 Å². The van der Waals surface area contributed by atoms with E-state index >= 15 is 0 Å². The van der Waals surface area contributed by atoms with Gasteiger partial charge in [-0.3, -0.25) is 14.5 Å². The summed E-state index contributed by atoms with van der Waals surface area (Å²) in [4.78, 5) is 31.3. The van der Waals surface area contributed by atoms with Crippen LogP contribution in [0.15, 0.2) is 59.6 Å². The molecule has 31 heavy (non-hydrogen) atoms. The topological polar surface area (TPSA) is 89.0 Å². The number of thiazole rings is 1. The van der Waals surface area contributed by atoms with Crippen LogP contribution in [0.1, 0.15) is 17.2 Å². The van der Waals surface area contributed by atoms with Gasteiger partial charge in [-0.1, -0.05) is 12.1 Å². The average molecular weight is 438 g/mol. The molecule has 9 heteroatoms. The molecule has 1 amide bonds. The van der Waals surface area contributed by atoms with E-state index in [2.05, 4.69) is 4.98 Å². The molecule has 7 nitrogen and oxygen atoms in total. The Morgan fingerprint density at radius 1 is 1.10 bits per heavy atom. The number of hydrogen-bond acceptors (Lipinski definition) is 7. The van der Waals surface area contributed by atoms with Crippen LogP contribution in [0.3, 0.4) is 0 Å². The molecule has 0 bridgehead atoms. The molecule has 1 fully saturated rings. The van der Waals surface area contributed by atoms with Crippen LogP contribution in [-0.4, -0.2) is 35.0 Å². The van der Waals surface area contributed by atoms with Crippen LogP contribution in [0.4, 0.5) is 9.52 Å². The first-order valence-corrected chi connectivity index (χ1v) is 10.3. The van der Waals surface area contributed by atoms with Crippen molar-refractivity contribution in [1.29, 1.82) is 0 Å². The zero-order valence-corrected chi connectivity index (χ0v) is 16.8. The number of hydrogen-bond donors (Lipinski definition) is 1. The molecule has 0 saturated carbocycles. The summed E-state index contributed by atoms with van der Waals surface area (Å²) in [5.41, 5.74) is 0.659. The Bertz CT molecular complexity index is 1210. The minimum atomic E-state index is -0.958. The van der Waals surface area contributed by atoms with Gasteiger partial charge in [-0.2, -0.15) is 0 Å². The van der Waals surface area contributed by atoms with E-state index in [1.807, 2.05) is 0 Å². The molecule has 5 rings (SSSR count). The SMILES string of the molecule is O=C1C(=O)N(c2nccs2)[C@@H](c2ccc(F)cc2)C1=C(O)c1ccc2c(c1)OCCO2. The van der Waals surface area contributed by atoms with Gasteiger partial charge in [-0.25, -0.2) is 9.37 Å². The lowest BCUT2D eigenvalue weighted by atomic mass is 9.95. The molecule has 0 spiro atoms. The van der Waals surface area contributed by atoms with Crippen molar-refractivity contribution in [3.05, 3.63) is 76.6 Å². The Morgan fingerprint density at radius 2 is 1.84 bits per heavy atom. The number of ether oxygens (including phenoxy) is 2. The van der Waals surface area contributed by atoms with Crippen molar-refractivity contribution >= 4 is 33.9 Å². The van der Waals surface area contributed by atoms with Crippen molar-refractivity contribution in [2.45, 2.75) is 6.04 Å². The highest BCUT2D eigenvalue weighted by Crippen LogP contribution is 2.43. The molecule has 1 aromatic heterocycles. The summed E-state index contributed by atoms with van der Waals surface area (Å²) in [6.07, 6.45) is 1.52. The quantitative estimate of drug-likeness (QED) is 0.381. The fraction of sp³-hybridized carbons (Fsp3) is 0.136. The van der Waals surface area contributed by atoms with E-state index < -0.39 is 23.5 Å². The van der Waals surface area contributed by atoms with E-state index in [0.29, 0.717) is 41.0 Å². The number of Topliss-reactive ketones (excluding diaryl/α,β-unsaturated/α-hetero) is 1. The lowest BCUT2D eigenvalue weighted by molar-refractivity contribution is -0.132. The molecule has 2 aliphatic heterocycles. The Labute approximate surface area is 180 Å². The summed E-state index contributed by atoms with van der Waals surface area (Å²) in [6, 6.07) is 9.24. The Morgan fingerprint density at radius 3 is 2.55 bits per heavy atom. The van der Waals surface area contributed by atoms with Crippen molar-refractivity contribution < 1.29 is 28.6 Å². The summed E-state index contributed by atoms with van der Waals surface area (Å²) < 4.78 is 24.6. The second-order valence-electron chi connectivity index (χ2n) is 6.89. The molecule has 3 aromatic rings. The highest BCUT2D eigenvalue weighted by Gasteiger charge is 2.48. The molecule has 2 aromatic carbocycles. The van der Waals surface area contributed by atoms with Crippen molar-refractivity contribution in [1.82, 2.24) is 4.98 Å². The van der Waals surface area contributed by atoms with Crippen LogP contribution in [0.5, 0.6) is 11.5 Å². The number of benzene rings is 2. The molecule has 1 atom stereocenters. The largest absolute Gasteiger partial charge is 0.507 e. The van der Waals surface area contributed by atoms with Gasteiger partial charge in [-0.05, 0) is 35.9 Å². The van der Waals surface area contributed by atoms with Gasteiger partial charge in [0.25, 0.3) is 5.78 Å². The van der Waals surface area contributed by atoms with Crippen LogP contribution >= 0.6 is 11.3 Å². The van der Waals surface area contributed by atoms with E-state index in [0.717, 1.165) is 0 Å². The second-order valence-corrected chi connectivity index (χ2v) is 7.77. The molecular formula is C22H15FN2O5S. The number of aliphatic hydroxyl groups excluding tert-OH is 1. The van der Waals surface area contributed by atoms with Gasteiger partial charge in [0.15, 0.2) is 16.6 Å². The number of halogens is 1. The van der Waals surface area contributed by atoms with Gasteiger partial charge in [0, 0.05) is 17.1 Å². The minimum absolute atomic E-state index is 0.108. The fourth-order valence-electron chi connectivity index (χ4n) is 3.67. The highest BCUT2D eigenvalue weighted by atomic mass is 32.1. The molecule has 156 valence electrons. The maximum absolute atomic E-state index is 13.5. The van der Waals surface area contributed by atoms with Gasteiger partial charge in [0.2, 0.25) is 0 Å². The predicted octanol–water partition coefficient (Wildman–Crippen LogP) is 3.68. The van der Waals surface area contributed by atoms with Gasteiger partial charge in [0.1, 0.15) is 24.8 Å². The van der Waals surface area contributed by atoms with E-state index in [-0.39, 0.29) is 11.3 Å². The van der Waals surface area contributed by atoms with Crippen molar-refractivity contribution in [2.75, 3.05) is 18.1 Å². The molecular weight excluding hydrogens is 423 g/mol. The predicted molar refractivity (Wildman–Crippen MR) is 111 cm³/mol. The minimum Gasteiger partial charge on any atom is -0.507 e. The monoisotopic (exact) mass is 438 g/mol. The Hall–Kier alpha value is -3.72. The number of aromatic nitrogens is 1. The number of anilines is 1. The number of rotatable bonds is 3. The first kappa shape index (κ1) is 19.3. The Kier molecular flexibility index (Phi) is 4.67. The van der Waals surface area contributed by atoms with Crippen LogP contribution in [0.2, 0.25) is 0 Å². The van der Waals surface area contributed by atoms with Crippen molar-refractivity contribution in [3.8, 4) is 11.5 Å². The highest BCUT2D eigenvalue weighted by molar-refractivity contribution is 7.14. The molecule has 0 radical (unpaired) electrons. The van der Waals surface area contributed by atoms with Gasteiger partial charge < -0.3 is 14.6 Å². The summed E-state index contributed by atoms with van der Waals surface area (Å²) in [6.45, 7) is 0.781. The van der Waals surface area contributed by atoms with E-state index in [1.165, 1.54) is 46.7 Å². The zero-order valence-electron chi connectivity index (χ0n) is 15.9. The van der Waals surface area contributed by atoms with Gasteiger partial charge in [-0.15, -0.1) is 11.3 Å². The average Bonchev–Trinajstić information content (AvgIpc) is 3.40. The maximum atomic E-state index is 13.5. The Balaban J connectivity index is 1.68. The van der Waals surface area contributed by atoms with Gasteiger partial charge >= 0.3 is 5.91 Å². The number of amides is 1. The van der Waals surface area contributed by atoms with Crippen LogP contribution in [0, 0.1) is 5.82 Å². The molecule has 0 unspecified atom stereocenters. The number of carbonyl (C=O) groups excluding carboxylic acids is 2. The standard InChI is InChI=1S/C22H15FN2O5S/c23-14-4-1-12(2-5-14)18-17(20(27)21(28)25(18)22-24-7-10-31-22)19(26)13-3-6-15-16(11-13)30-9-8-29-15/h1-7,10-11,18,26H,8-9H2/t18-/m0/s1. The zero-order chi connectivity index (χ0) is 21.5. The second kappa shape index (κ2) is 7.51. The van der Waals surface area contributed by atoms with Crippen LogP contribution in [0.25, 0.3) is 5.76 Å². The van der Waals surface area contributed by atoms with E-state index in [9.17, 15) is 19.1 Å². The molecule has 1 saturated heterocycles. The summed E-state index contributed by atoms with van der Waals surface area (Å²) in [7, 11) is 0. The van der Waals surface area contributed by atoms with Gasteiger partial charge in [0.05, 0.1) is 11.6 Å². The number of carbonyl (C=O) groups is 2. The maximum Gasteiger partial charge on any atom is 0.301 e. The summed E-state index contributed by atoms with van der Waals surface area (Å²) >= 11 is 1.18. The first-order chi connectivity index (χ1) is 15.0. The first-order valence-electron chi connectivity index (χ1n) is 9.40. The fourth-order valence-corrected chi connectivity index (χ4v) is 4.34. The van der Waals surface area contributed by atoms with E-state index in [1.54, 1.807) is 23.6 Å². The third-order valence-electron chi connectivity index (χ3n) is 5.07. The molecule has 3 heterocycles. The lowest BCUT2D eigenvalue weighted by Gasteiger charge is -2.23. The third kappa shape index (κ3) is 3.23. The van der Waals surface area contributed by atoms with Crippen LogP contribution in [-0.2, 0) is 9.59 Å². The smallest absolute Gasteiger partial charge is 0.301 e. The summed E-state index contributed by atoms with van der Waals surface area (Å²) in [5.74, 6) is -1.52. The van der Waals surface area contributed by atoms with Crippen LogP contribution < -0.4 is 14.4 Å². The number of ketones is 1. The third-order valence-corrected chi connectivity index (χ3v) is 5.84. The molecule has 2 aliphatic rings. The summed E-state index contributed by atoms with van der Waals surface area (Å²) in [5, 5.41) is 13.1.